The van der Waals surface area contributed by atoms with E-state index in [4.69, 9.17) is 11.5 Å². The van der Waals surface area contributed by atoms with Crippen LogP contribution in [0.5, 0.6) is 0 Å². The molecule has 0 saturated heterocycles. The molecule has 1 aromatic heterocycles. The molecule has 0 aliphatic rings. The Kier molecular flexibility index (Phi) is 10.3. The highest BCUT2D eigenvalue weighted by Crippen LogP contribution is 2.09. The average molecular weight is 454 g/mol. The molecule has 32 heavy (non-hydrogen) atoms. The number of primary amides is 1. The summed E-state index contributed by atoms with van der Waals surface area (Å²) in [5, 5.41) is 16.4. The second-order valence-corrected chi connectivity index (χ2v) is 7.56. The fourth-order valence-electron chi connectivity index (χ4n) is 2.76. The molecule has 13 heteroatoms. The normalized spacial score (nSPS) is 15.5. The third-order valence-corrected chi connectivity index (χ3v) is 4.90. The van der Waals surface area contributed by atoms with Gasteiger partial charge in [0.2, 0.25) is 23.6 Å². The van der Waals surface area contributed by atoms with Crippen molar-refractivity contribution in [3.8, 4) is 0 Å². The van der Waals surface area contributed by atoms with E-state index in [1.807, 2.05) is 0 Å². The number of hydrogen-bond acceptors (Lipinski definition) is 7. The van der Waals surface area contributed by atoms with Crippen molar-refractivity contribution in [2.24, 2.45) is 17.4 Å². The molecule has 0 saturated carbocycles. The minimum atomic E-state index is -1.41. The van der Waals surface area contributed by atoms with Crippen molar-refractivity contribution >= 4 is 29.6 Å². The molecule has 4 amide bonds. The van der Waals surface area contributed by atoms with Crippen molar-refractivity contribution < 1.29 is 29.1 Å². The number of amides is 4. The van der Waals surface area contributed by atoms with Crippen LogP contribution in [0.4, 0.5) is 0 Å². The summed E-state index contributed by atoms with van der Waals surface area (Å²) in [6.45, 7) is 4.77. The fourth-order valence-corrected chi connectivity index (χ4v) is 2.76. The van der Waals surface area contributed by atoms with E-state index in [1.165, 1.54) is 19.4 Å². The van der Waals surface area contributed by atoms with Crippen LogP contribution < -0.4 is 27.4 Å². The Morgan fingerprint density at radius 1 is 1.09 bits per heavy atom. The zero-order chi connectivity index (χ0) is 24.4. The Hall–Kier alpha value is -3.48. The molecule has 0 spiro atoms. The Bertz CT molecular complexity index is 813. The first-order valence-corrected chi connectivity index (χ1v) is 10.1. The lowest BCUT2D eigenvalue weighted by atomic mass is 9.98. The van der Waals surface area contributed by atoms with Crippen LogP contribution in [0.2, 0.25) is 0 Å². The summed E-state index contributed by atoms with van der Waals surface area (Å²) < 4.78 is 0. The van der Waals surface area contributed by atoms with Gasteiger partial charge in [0.15, 0.2) is 0 Å². The number of nitrogens with zero attached hydrogens (tertiary/aromatic N) is 1. The molecular weight excluding hydrogens is 422 g/mol. The van der Waals surface area contributed by atoms with Gasteiger partial charge in [-0.15, -0.1) is 0 Å². The van der Waals surface area contributed by atoms with Gasteiger partial charge >= 0.3 is 5.97 Å². The van der Waals surface area contributed by atoms with Gasteiger partial charge in [-0.1, -0.05) is 20.3 Å². The molecular formula is C19H31N7O6. The highest BCUT2D eigenvalue weighted by Gasteiger charge is 2.31. The van der Waals surface area contributed by atoms with Crippen LogP contribution in [0.3, 0.4) is 0 Å². The maximum Gasteiger partial charge on any atom is 0.326 e. The summed E-state index contributed by atoms with van der Waals surface area (Å²) in [4.78, 5) is 66.8. The van der Waals surface area contributed by atoms with Gasteiger partial charge in [0, 0.05) is 18.3 Å². The third-order valence-electron chi connectivity index (χ3n) is 4.90. The second kappa shape index (κ2) is 12.4. The van der Waals surface area contributed by atoms with E-state index in [-0.39, 0.29) is 6.42 Å². The largest absolute Gasteiger partial charge is 0.480 e. The zero-order valence-electron chi connectivity index (χ0n) is 18.3. The molecule has 0 aliphatic heterocycles. The molecule has 1 aromatic rings. The summed E-state index contributed by atoms with van der Waals surface area (Å²) in [5.74, 6) is -4.78. The molecule has 0 fully saturated rings. The molecule has 5 unspecified atom stereocenters. The lowest BCUT2D eigenvalue weighted by Crippen LogP contribution is -2.57. The van der Waals surface area contributed by atoms with E-state index < -0.39 is 66.1 Å². The zero-order valence-corrected chi connectivity index (χ0v) is 18.3. The van der Waals surface area contributed by atoms with Crippen molar-refractivity contribution in [3.05, 3.63) is 18.2 Å². The Balaban J connectivity index is 2.76. The quantitative estimate of drug-likeness (QED) is 0.172. The van der Waals surface area contributed by atoms with E-state index >= 15 is 0 Å². The third kappa shape index (κ3) is 8.34. The maximum absolute atomic E-state index is 12.6. The first kappa shape index (κ1) is 26.6. The number of aliphatic carboxylic acids is 1. The number of rotatable bonds is 13. The van der Waals surface area contributed by atoms with E-state index in [9.17, 15) is 29.1 Å². The SMILES string of the molecule is CCC(C)C(NC(=O)C(CC(N)=O)NC(=O)C(C)NC(=O)C(N)Cc1cnc[nH]1)C(=O)O. The van der Waals surface area contributed by atoms with E-state index in [0.717, 1.165) is 0 Å². The molecule has 0 radical (unpaired) electrons. The summed E-state index contributed by atoms with van der Waals surface area (Å²) in [7, 11) is 0. The molecule has 178 valence electrons. The lowest BCUT2D eigenvalue weighted by Gasteiger charge is -2.25. The molecule has 13 nitrogen and oxygen atoms in total. The number of hydrogen-bond donors (Lipinski definition) is 7. The van der Waals surface area contributed by atoms with Gasteiger partial charge < -0.3 is 37.5 Å². The van der Waals surface area contributed by atoms with Crippen LogP contribution in [0.15, 0.2) is 12.5 Å². The summed E-state index contributed by atoms with van der Waals surface area (Å²) >= 11 is 0. The van der Waals surface area contributed by atoms with Crippen LogP contribution in [-0.2, 0) is 30.4 Å². The highest BCUT2D eigenvalue weighted by atomic mass is 16.4. The Morgan fingerprint density at radius 2 is 1.75 bits per heavy atom. The van der Waals surface area contributed by atoms with Gasteiger partial charge in [-0.05, 0) is 12.8 Å². The van der Waals surface area contributed by atoms with Gasteiger partial charge in [0.05, 0.1) is 18.8 Å². The summed E-state index contributed by atoms with van der Waals surface area (Å²) in [5.41, 5.74) is 11.6. The Labute approximate surface area is 185 Å². The highest BCUT2D eigenvalue weighted by molar-refractivity contribution is 5.96. The number of nitrogens with one attached hydrogen (secondary N) is 4. The van der Waals surface area contributed by atoms with Gasteiger partial charge in [0.25, 0.3) is 0 Å². The van der Waals surface area contributed by atoms with Crippen LogP contribution in [0, 0.1) is 5.92 Å². The maximum atomic E-state index is 12.6. The monoisotopic (exact) mass is 453 g/mol. The smallest absolute Gasteiger partial charge is 0.326 e. The van der Waals surface area contributed by atoms with Gasteiger partial charge in [-0.25, -0.2) is 9.78 Å². The first-order chi connectivity index (χ1) is 15.0. The number of carboxylic acid groups (broad SMARTS) is 1. The molecule has 5 atom stereocenters. The average Bonchev–Trinajstić information content (AvgIpc) is 3.22. The van der Waals surface area contributed by atoms with E-state index in [2.05, 4.69) is 25.9 Å². The fraction of sp³-hybridized carbons (Fsp3) is 0.579. The predicted molar refractivity (Wildman–Crippen MR) is 113 cm³/mol. The molecule has 0 aliphatic carbocycles. The van der Waals surface area contributed by atoms with Gasteiger partial charge in [-0.3, -0.25) is 19.2 Å². The number of carboxylic acids is 1. The standard InChI is InChI=1S/C19H31N7O6/c1-4-9(2)15(19(31)32)26-18(30)13(6-14(21)27)25-16(28)10(3)24-17(29)12(20)5-11-7-22-8-23-11/h7-10,12-13,15H,4-6,20H2,1-3H3,(H2,21,27)(H,22,23)(H,24,29)(H,25,28)(H,26,30)(H,31,32). The van der Waals surface area contributed by atoms with E-state index in [0.29, 0.717) is 12.1 Å². The van der Waals surface area contributed by atoms with Crippen molar-refractivity contribution in [2.75, 3.05) is 0 Å². The number of imidazole rings is 1. The van der Waals surface area contributed by atoms with Crippen LogP contribution in [0.1, 0.15) is 39.3 Å². The van der Waals surface area contributed by atoms with Crippen LogP contribution >= 0.6 is 0 Å². The minimum absolute atomic E-state index is 0.166. The molecule has 1 rings (SSSR count). The van der Waals surface area contributed by atoms with Crippen molar-refractivity contribution in [3.63, 3.8) is 0 Å². The van der Waals surface area contributed by atoms with Crippen LogP contribution in [0.25, 0.3) is 0 Å². The predicted octanol–water partition coefficient (Wildman–Crippen LogP) is -2.24. The minimum Gasteiger partial charge on any atom is -0.480 e. The van der Waals surface area contributed by atoms with Crippen molar-refractivity contribution in [1.82, 2.24) is 25.9 Å². The number of aromatic nitrogens is 2. The van der Waals surface area contributed by atoms with Gasteiger partial charge in [0.1, 0.15) is 18.1 Å². The topological polar surface area (TPSA) is 222 Å². The lowest BCUT2D eigenvalue weighted by molar-refractivity contribution is -0.144. The van der Waals surface area contributed by atoms with E-state index in [1.54, 1.807) is 13.8 Å². The molecule has 0 bridgehead atoms. The number of H-pyrrole nitrogens is 1. The second-order valence-electron chi connectivity index (χ2n) is 7.56. The number of aromatic amines is 1. The first-order valence-electron chi connectivity index (χ1n) is 10.1. The summed E-state index contributed by atoms with van der Waals surface area (Å²) in [6, 6.07) is -4.67. The number of carbonyl (C=O) groups is 5. The molecule has 1 heterocycles. The van der Waals surface area contributed by atoms with Crippen molar-refractivity contribution in [2.45, 2.75) is 64.2 Å². The number of carbonyl (C=O) groups excluding carboxylic acids is 4. The van der Waals surface area contributed by atoms with Crippen molar-refractivity contribution in [1.29, 1.82) is 0 Å². The number of nitrogens with two attached hydrogens (primary N) is 2. The van der Waals surface area contributed by atoms with Gasteiger partial charge in [-0.2, -0.15) is 0 Å². The van der Waals surface area contributed by atoms with Crippen LogP contribution in [-0.4, -0.2) is 68.8 Å². The molecule has 0 aromatic carbocycles. The Morgan fingerprint density at radius 3 is 2.25 bits per heavy atom. The summed E-state index contributed by atoms with van der Waals surface area (Å²) in [6.07, 6.45) is 3.05. The molecule has 9 N–H and O–H groups in total.